The first kappa shape index (κ1) is 13.6. The van der Waals surface area contributed by atoms with E-state index in [1.54, 1.807) is 0 Å². The number of fused-ring (bicyclic) bond motifs is 1. The van der Waals surface area contributed by atoms with Crippen LogP contribution in [0.1, 0.15) is 17.3 Å². The van der Waals surface area contributed by atoms with E-state index < -0.39 is 17.7 Å². The van der Waals surface area contributed by atoms with Gasteiger partial charge in [0.15, 0.2) is 0 Å². The highest BCUT2D eigenvalue weighted by Gasteiger charge is 2.11. The molecule has 3 rings (SSSR count). The highest BCUT2D eigenvalue weighted by molar-refractivity contribution is 5.78. The Morgan fingerprint density at radius 1 is 0.952 bits per heavy atom. The number of nitrogens with two attached hydrogens (primary N) is 1. The van der Waals surface area contributed by atoms with Crippen molar-refractivity contribution in [2.45, 2.75) is 12.5 Å². The van der Waals surface area contributed by atoms with Gasteiger partial charge in [-0.05, 0) is 29.8 Å². The first-order valence-corrected chi connectivity index (χ1v) is 6.68. The number of halogens is 2. The summed E-state index contributed by atoms with van der Waals surface area (Å²) in [6.45, 7) is 0. The standard InChI is InChI=1S/C17H14F2N2/c18-13-7-12(8-14(19)9-13)16(20)10-15-6-5-11-3-1-2-4-17(11)21-15/h1-9,16H,10,20H2. The maximum absolute atomic E-state index is 13.2. The lowest BCUT2D eigenvalue weighted by molar-refractivity contribution is 0.572. The summed E-state index contributed by atoms with van der Waals surface area (Å²) in [7, 11) is 0. The molecule has 3 aromatic rings. The molecule has 0 bridgehead atoms. The van der Waals surface area contributed by atoms with E-state index in [-0.39, 0.29) is 0 Å². The molecule has 1 aromatic heterocycles. The topological polar surface area (TPSA) is 38.9 Å². The molecular formula is C17H14F2N2. The van der Waals surface area contributed by atoms with Crippen LogP contribution >= 0.6 is 0 Å². The molecule has 0 fully saturated rings. The van der Waals surface area contributed by atoms with Gasteiger partial charge < -0.3 is 5.73 Å². The Hall–Kier alpha value is -2.33. The maximum Gasteiger partial charge on any atom is 0.126 e. The van der Waals surface area contributed by atoms with Crippen molar-refractivity contribution in [3.63, 3.8) is 0 Å². The highest BCUT2D eigenvalue weighted by Crippen LogP contribution is 2.19. The van der Waals surface area contributed by atoms with Crippen LogP contribution in [0.15, 0.2) is 54.6 Å². The summed E-state index contributed by atoms with van der Waals surface area (Å²) in [6, 6.07) is 14.5. The molecular weight excluding hydrogens is 270 g/mol. The van der Waals surface area contributed by atoms with Gasteiger partial charge in [-0.25, -0.2) is 8.78 Å². The largest absolute Gasteiger partial charge is 0.324 e. The van der Waals surface area contributed by atoms with E-state index in [0.717, 1.165) is 22.7 Å². The average molecular weight is 284 g/mol. The van der Waals surface area contributed by atoms with Crippen molar-refractivity contribution >= 4 is 10.9 Å². The van der Waals surface area contributed by atoms with Crippen molar-refractivity contribution < 1.29 is 8.78 Å². The summed E-state index contributed by atoms with van der Waals surface area (Å²) in [4.78, 5) is 4.52. The Labute approximate surface area is 121 Å². The van der Waals surface area contributed by atoms with Gasteiger partial charge in [0.2, 0.25) is 0 Å². The number of pyridine rings is 1. The van der Waals surface area contributed by atoms with Gasteiger partial charge >= 0.3 is 0 Å². The number of para-hydroxylation sites is 1. The number of aromatic nitrogens is 1. The van der Waals surface area contributed by atoms with E-state index >= 15 is 0 Å². The zero-order valence-electron chi connectivity index (χ0n) is 11.3. The van der Waals surface area contributed by atoms with Crippen LogP contribution in [0, 0.1) is 11.6 Å². The number of hydrogen-bond acceptors (Lipinski definition) is 2. The van der Waals surface area contributed by atoms with Gasteiger partial charge in [0, 0.05) is 29.6 Å². The van der Waals surface area contributed by atoms with Crippen LogP contribution in [0.25, 0.3) is 10.9 Å². The second-order valence-corrected chi connectivity index (χ2v) is 5.01. The van der Waals surface area contributed by atoms with E-state index in [1.807, 2.05) is 36.4 Å². The Morgan fingerprint density at radius 3 is 2.43 bits per heavy atom. The minimum absolute atomic E-state index is 0.424. The predicted molar refractivity (Wildman–Crippen MR) is 78.7 cm³/mol. The van der Waals surface area contributed by atoms with Crippen molar-refractivity contribution in [2.24, 2.45) is 5.73 Å². The molecule has 0 spiro atoms. The lowest BCUT2D eigenvalue weighted by Crippen LogP contribution is -2.14. The Morgan fingerprint density at radius 2 is 1.67 bits per heavy atom. The average Bonchev–Trinajstić information content (AvgIpc) is 2.46. The summed E-state index contributed by atoms with van der Waals surface area (Å²) >= 11 is 0. The normalized spacial score (nSPS) is 12.5. The summed E-state index contributed by atoms with van der Waals surface area (Å²) < 4.78 is 26.4. The smallest absolute Gasteiger partial charge is 0.126 e. The van der Waals surface area contributed by atoms with Crippen LogP contribution in [0.2, 0.25) is 0 Å². The zero-order chi connectivity index (χ0) is 14.8. The molecule has 1 heterocycles. The second kappa shape index (κ2) is 5.58. The second-order valence-electron chi connectivity index (χ2n) is 5.01. The molecule has 2 aromatic carbocycles. The molecule has 1 atom stereocenters. The van der Waals surface area contributed by atoms with Gasteiger partial charge in [0.05, 0.1) is 5.52 Å². The molecule has 4 heteroatoms. The summed E-state index contributed by atoms with van der Waals surface area (Å²) in [5, 5.41) is 1.05. The monoisotopic (exact) mass is 284 g/mol. The van der Waals surface area contributed by atoms with E-state index in [4.69, 9.17) is 5.73 Å². The highest BCUT2D eigenvalue weighted by atomic mass is 19.1. The molecule has 0 aliphatic carbocycles. The van der Waals surface area contributed by atoms with Crippen LogP contribution in [0.3, 0.4) is 0 Å². The first-order valence-electron chi connectivity index (χ1n) is 6.68. The van der Waals surface area contributed by atoms with E-state index in [9.17, 15) is 8.78 Å². The van der Waals surface area contributed by atoms with E-state index in [2.05, 4.69) is 4.98 Å². The molecule has 2 nitrogen and oxygen atoms in total. The third-order valence-corrected chi connectivity index (χ3v) is 3.40. The molecule has 0 amide bonds. The summed E-state index contributed by atoms with van der Waals surface area (Å²) in [5.41, 5.74) is 8.15. The van der Waals surface area contributed by atoms with Gasteiger partial charge in [-0.2, -0.15) is 0 Å². The summed E-state index contributed by atoms with van der Waals surface area (Å²) in [5.74, 6) is -1.24. The quantitative estimate of drug-likeness (QED) is 0.795. The van der Waals surface area contributed by atoms with Crippen molar-refractivity contribution in [3.05, 3.63) is 77.5 Å². The van der Waals surface area contributed by atoms with Crippen molar-refractivity contribution in [3.8, 4) is 0 Å². The van der Waals surface area contributed by atoms with Gasteiger partial charge in [-0.1, -0.05) is 24.3 Å². The number of nitrogens with zero attached hydrogens (tertiary/aromatic N) is 1. The molecule has 2 N–H and O–H groups in total. The van der Waals surface area contributed by atoms with Gasteiger partial charge in [0.25, 0.3) is 0 Å². The lowest BCUT2D eigenvalue weighted by Gasteiger charge is -2.12. The van der Waals surface area contributed by atoms with Gasteiger partial charge in [0.1, 0.15) is 11.6 Å². The molecule has 0 aliphatic heterocycles. The number of rotatable bonds is 3. The van der Waals surface area contributed by atoms with Crippen molar-refractivity contribution in [1.82, 2.24) is 4.98 Å². The molecule has 0 radical (unpaired) electrons. The molecule has 0 saturated heterocycles. The third-order valence-electron chi connectivity index (χ3n) is 3.40. The predicted octanol–water partition coefficient (Wildman–Crippen LogP) is 3.76. The Balaban J connectivity index is 1.86. The van der Waals surface area contributed by atoms with Crippen molar-refractivity contribution in [2.75, 3.05) is 0 Å². The van der Waals surface area contributed by atoms with Crippen LogP contribution in [0.4, 0.5) is 8.78 Å². The van der Waals surface area contributed by atoms with Gasteiger partial charge in [-0.15, -0.1) is 0 Å². The molecule has 106 valence electrons. The number of hydrogen-bond donors (Lipinski definition) is 1. The fourth-order valence-electron chi connectivity index (χ4n) is 2.35. The number of benzene rings is 2. The van der Waals surface area contributed by atoms with Crippen LogP contribution < -0.4 is 5.73 Å². The molecule has 0 saturated carbocycles. The Kier molecular flexibility index (Phi) is 3.62. The maximum atomic E-state index is 13.2. The SMILES string of the molecule is NC(Cc1ccc2ccccc2n1)c1cc(F)cc(F)c1. The van der Waals surface area contributed by atoms with Gasteiger partial charge in [-0.3, -0.25) is 4.98 Å². The Bertz CT molecular complexity index is 766. The van der Waals surface area contributed by atoms with Crippen LogP contribution in [-0.4, -0.2) is 4.98 Å². The van der Waals surface area contributed by atoms with E-state index in [1.165, 1.54) is 12.1 Å². The fraction of sp³-hybridized carbons (Fsp3) is 0.118. The summed E-state index contributed by atoms with van der Waals surface area (Å²) in [6.07, 6.45) is 0.424. The molecule has 21 heavy (non-hydrogen) atoms. The van der Waals surface area contributed by atoms with E-state index in [0.29, 0.717) is 12.0 Å². The fourth-order valence-corrected chi connectivity index (χ4v) is 2.35. The molecule has 0 aliphatic rings. The third kappa shape index (κ3) is 3.06. The minimum Gasteiger partial charge on any atom is -0.324 e. The van der Waals surface area contributed by atoms with Crippen molar-refractivity contribution in [1.29, 1.82) is 0 Å². The minimum atomic E-state index is -0.619. The first-order chi connectivity index (χ1) is 10.1. The van der Waals surface area contributed by atoms with Crippen LogP contribution in [-0.2, 0) is 6.42 Å². The van der Waals surface area contributed by atoms with Crippen LogP contribution in [0.5, 0.6) is 0 Å². The lowest BCUT2D eigenvalue weighted by atomic mass is 10.0. The zero-order valence-corrected chi connectivity index (χ0v) is 11.3. The molecule has 1 unspecified atom stereocenters.